The quantitative estimate of drug-likeness (QED) is 0.577. The number of hydrogen-bond donors (Lipinski definition) is 1. The summed E-state index contributed by atoms with van der Waals surface area (Å²) >= 11 is 3.34. The van der Waals surface area contributed by atoms with Crippen molar-refractivity contribution in [3.8, 4) is 0 Å². The molecule has 1 aliphatic heterocycles. The number of carbonyl (C=O) groups excluding carboxylic acids is 1. The molecule has 2 heterocycles. The van der Waals surface area contributed by atoms with Crippen molar-refractivity contribution in [3.05, 3.63) is 77.2 Å². The predicted molar refractivity (Wildman–Crippen MR) is 122 cm³/mol. The van der Waals surface area contributed by atoms with Crippen LogP contribution in [0.4, 0.5) is 11.5 Å². The van der Waals surface area contributed by atoms with E-state index in [-0.39, 0.29) is 10.8 Å². The van der Waals surface area contributed by atoms with Gasteiger partial charge in [-0.05, 0) is 42.5 Å². The second kappa shape index (κ2) is 9.13. The molecule has 8 nitrogen and oxygen atoms in total. The minimum atomic E-state index is -3.62. The maximum absolute atomic E-state index is 13.0. The van der Waals surface area contributed by atoms with Gasteiger partial charge in [0.05, 0.1) is 11.1 Å². The molecule has 0 bridgehead atoms. The van der Waals surface area contributed by atoms with Crippen LogP contribution in [-0.4, -0.2) is 54.8 Å². The van der Waals surface area contributed by atoms with Crippen molar-refractivity contribution >= 4 is 43.4 Å². The Hall–Kier alpha value is -2.82. The number of aromatic nitrogens is 2. The zero-order valence-electron chi connectivity index (χ0n) is 16.5. The molecule has 0 aliphatic carbocycles. The van der Waals surface area contributed by atoms with Crippen molar-refractivity contribution in [2.45, 2.75) is 4.90 Å². The number of anilines is 2. The molecule has 3 aromatic rings. The Bertz CT molecular complexity index is 1170. The molecule has 160 valence electrons. The number of amides is 1. The van der Waals surface area contributed by atoms with Gasteiger partial charge in [-0.15, -0.1) is 0 Å². The van der Waals surface area contributed by atoms with Crippen molar-refractivity contribution in [1.82, 2.24) is 14.3 Å². The van der Waals surface area contributed by atoms with Crippen molar-refractivity contribution in [2.24, 2.45) is 0 Å². The van der Waals surface area contributed by atoms with Crippen LogP contribution in [0.5, 0.6) is 0 Å². The van der Waals surface area contributed by atoms with Gasteiger partial charge < -0.3 is 10.2 Å². The van der Waals surface area contributed by atoms with Crippen LogP contribution < -0.4 is 10.2 Å². The average Bonchev–Trinajstić information content (AvgIpc) is 2.80. The Morgan fingerprint density at radius 3 is 2.39 bits per heavy atom. The molecule has 0 unspecified atom stereocenters. The third kappa shape index (κ3) is 4.92. The van der Waals surface area contributed by atoms with Gasteiger partial charge in [-0.1, -0.05) is 22.0 Å². The number of rotatable bonds is 5. The smallest absolute Gasteiger partial charge is 0.255 e. The van der Waals surface area contributed by atoms with Gasteiger partial charge in [-0.2, -0.15) is 4.31 Å². The fourth-order valence-electron chi connectivity index (χ4n) is 3.30. The molecule has 1 amide bonds. The van der Waals surface area contributed by atoms with Crippen LogP contribution in [0.15, 0.2) is 76.5 Å². The summed E-state index contributed by atoms with van der Waals surface area (Å²) in [5, 5.41) is 2.78. The number of nitrogens with zero attached hydrogens (tertiary/aromatic N) is 4. The van der Waals surface area contributed by atoms with E-state index in [4.69, 9.17) is 0 Å². The fraction of sp³-hybridized carbons (Fsp3) is 0.190. The van der Waals surface area contributed by atoms with E-state index in [1.807, 2.05) is 11.0 Å². The Kier molecular flexibility index (Phi) is 6.30. The maximum atomic E-state index is 13.0. The molecule has 0 atom stereocenters. The zero-order valence-corrected chi connectivity index (χ0v) is 18.9. The highest BCUT2D eigenvalue weighted by Gasteiger charge is 2.29. The molecular formula is C21H20BrN5O3S. The Morgan fingerprint density at radius 2 is 1.74 bits per heavy atom. The molecule has 2 aromatic carbocycles. The first-order chi connectivity index (χ1) is 14.9. The molecule has 1 N–H and O–H groups in total. The van der Waals surface area contributed by atoms with Gasteiger partial charge >= 0.3 is 0 Å². The first-order valence-corrected chi connectivity index (χ1v) is 11.8. The number of nitrogens with one attached hydrogen (secondary N) is 1. The summed E-state index contributed by atoms with van der Waals surface area (Å²) in [6, 6.07) is 13.3. The molecule has 0 spiro atoms. The number of benzene rings is 2. The number of sulfonamides is 1. The van der Waals surface area contributed by atoms with Gasteiger partial charge in [0, 0.05) is 54.3 Å². The van der Waals surface area contributed by atoms with Crippen LogP contribution in [0.3, 0.4) is 0 Å². The van der Waals surface area contributed by atoms with E-state index in [9.17, 15) is 13.2 Å². The lowest BCUT2D eigenvalue weighted by Crippen LogP contribution is -2.48. The molecule has 1 saturated heterocycles. The van der Waals surface area contributed by atoms with E-state index >= 15 is 0 Å². The summed E-state index contributed by atoms with van der Waals surface area (Å²) in [6.07, 6.45) is 4.90. The zero-order chi connectivity index (χ0) is 21.8. The SMILES string of the molecule is O=C(Nc1ccc(S(=O)(=O)N2CCN(c3cnccn3)CC2)cc1)c1cccc(Br)c1. The molecule has 0 saturated carbocycles. The molecule has 1 aromatic heterocycles. The van der Waals surface area contributed by atoms with Crippen LogP contribution in [0.1, 0.15) is 10.4 Å². The molecule has 1 aliphatic rings. The Labute approximate surface area is 189 Å². The summed E-state index contributed by atoms with van der Waals surface area (Å²) in [7, 11) is -3.62. The number of piperazine rings is 1. The normalized spacial score (nSPS) is 14.9. The molecular weight excluding hydrogens is 482 g/mol. The Balaban J connectivity index is 1.40. The van der Waals surface area contributed by atoms with E-state index in [1.165, 1.54) is 16.4 Å². The summed E-state index contributed by atoms with van der Waals surface area (Å²) in [5.74, 6) is 0.474. The van der Waals surface area contributed by atoms with Gasteiger partial charge in [0.25, 0.3) is 5.91 Å². The van der Waals surface area contributed by atoms with Crippen molar-refractivity contribution in [1.29, 1.82) is 0 Å². The summed E-state index contributed by atoms with van der Waals surface area (Å²) in [5.41, 5.74) is 1.03. The van der Waals surface area contributed by atoms with Crippen molar-refractivity contribution in [2.75, 3.05) is 36.4 Å². The molecule has 1 fully saturated rings. The van der Waals surface area contributed by atoms with Gasteiger partial charge in [0.15, 0.2) is 0 Å². The van der Waals surface area contributed by atoms with Crippen LogP contribution in [0.25, 0.3) is 0 Å². The number of hydrogen-bond acceptors (Lipinski definition) is 6. The van der Waals surface area contributed by atoms with Gasteiger partial charge in [-0.3, -0.25) is 9.78 Å². The maximum Gasteiger partial charge on any atom is 0.255 e. The lowest BCUT2D eigenvalue weighted by molar-refractivity contribution is 0.102. The lowest BCUT2D eigenvalue weighted by Gasteiger charge is -2.34. The largest absolute Gasteiger partial charge is 0.353 e. The Morgan fingerprint density at radius 1 is 1.00 bits per heavy atom. The van der Waals surface area contributed by atoms with Crippen LogP contribution in [0.2, 0.25) is 0 Å². The minimum absolute atomic E-state index is 0.195. The van der Waals surface area contributed by atoms with E-state index in [0.29, 0.717) is 37.4 Å². The second-order valence-corrected chi connectivity index (χ2v) is 9.80. The van der Waals surface area contributed by atoms with Gasteiger partial charge in [0.2, 0.25) is 10.0 Å². The highest BCUT2D eigenvalue weighted by Crippen LogP contribution is 2.22. The van der Waals surface area contributed by atoms with E-state index in [0.717, 1.165) is 10.3 Å². The summed E-state index contributed by atoms with van der Waals surface area (Å²) in [6.45, 7) is 1.80. The molecule has 0 radical (unpaired) electrons. The molecule has 31 heavy (non-hydrogen) atoms. The first kappa shape index (κ1) is 21.4. The topological polar surface area (TPSA) is 95.5 Å². The predicted octanol–water partition coefficient (Wildman–Crippen LogP) is 3.00. The van der Waals surface area contributed by atoms with Crippen LogP contribution in [-0.2, 0) is 10.0 Å². The van der Waals surface area contributed by atoms with Gasteiger partial charge in [0.1, 0.15) is 5.82 Å². The number of halogens is 1. The number of carbonyl (C=O) groups is 1. The molecule has 10 heteroatoms. The first-order valence-electron chi connectivity index (χ1n) is 9.61. The van der Waals surface area contributed by atoms with E-state index in [1.54, 1.807) is 48.9 Å². The van der Waals surface area contributed by atoms with Crippen LogP contribution in [0, 0.1) is 0 Å². The molecule has 4 rings (SSSR count). The fourth-order valence-corrected chi connectivity index (χ4v) is 5.13. The highest BCUT2D eigenvalue weighted by atomic mass is 79.9. The second-order valence-electron chi connectivity index (χ2n) is 6.94. The van der Waals surface area contributed by atoms with E-state index in [2.05, 4.69) is 31.2 Å². The van der Waals surface area contributed by atoms with Gasteiger partial charge in [-0.25, -0.2) is 13.4 Å². The monoisotopic (exact) mass is 501 g/mol. The lowest BCUT2D eigenvalue weighted by atomic mass is 10.2. The van der Waals surface area contributed by atoms with E-state index < -0.39 is 10.0 Å². The van der Waals surface area contributed by atoms with Crippen LogP contribution >= 0.6 is 15.9 Å². The highest BCUT2D eigenvalue weighted by molar-refractivity contribution is 9.10. The summed E-state index contributed by atoms with van der Waals surface area (Å²) in [4.78, 5) is 22.9. The minimum Gasteiger partial charge on any atom is -0.353 e. The standard InChI is InChI=1S/C21H20BrN5O3S/c22-17-3-1-2-16(14-17)21(28)25-18-4-6-19(7-5-18)31(29,30)27-12-10-26(11-13-27)20-15-23-8-9-24-20/h1-9,14-15H,10-13H2,(H,25,28). The third-order valence-electron chi connectivity index (χ3n) is 4.95. The van der Waals surface area contributed by atoms with Crippen molar-refractivity contribution in [3.63, 3.8) is 0 Å². The third-order valence-corrected chi connectivity index (χ3v) is 7.36. The summed E-state index contributed by atoms with van der Waals surface area (Å²) < 4.78 is 28.3. The average molecular weight is 502 g/mol. The van der Waals surface area contributed by atoms with Crippen molar-refractivity contribution < 1.29 is 13.2 Å².